The molecule has 0 bridgehead atoms. The minimum atomic E-state index is 0. The molecule has 0 atom stereocenters. The normalized spacial score (nSPS) is 9.29. The summed E-state index contributed by atoms with van der Waals surface area (Å²) in [6.45, 7) is 1.59. The van der Waals surface area contributed by atoms with E-state index in [1.165, 1.54) is 5.56 Å². The van der Waals surface area contributed by atoms with Crippen LogP contribution in [-0.4, -0.2) is 25.4 Å². The molecular formula is C10H16ClNO2. The number of rotatable bonds is 5. The average molecular weight is 218 g/mol. The number of benzene rings is 1. The van der Waals surface area contributed by atoms with Crippen molar-refractivity contribution in [2.24, 2.45) is 0 Å². The molecule has 0 amide bonds. The number of hydrogen-bond acceptors (Lipinski definition) is 3. The minimum Gasteiger partial charge on any atom is -0.497 e. The summed E-state index contributed by atoms with van der Waals surface area (Å²) < 4.78 is 5.03. The predicted molar refractivity (Wildman–Crippen MR) is 59.0 cm³/mol. The predicted octanol–water partition coefficient (Wildman–Crippen LogP) is 1.20. The van der Waals surface area contributed by atoms with Gasteiger partial charge in [-0.15, -0.1) is 12.4 Å². The van der Waals surface area contributed by atoms with Crippen LogP contribution in [0.1, 0.15) is 5.56 Å². The number of halogens is 1. The van der Waals surface area contributed by atoms with Gasteiger partial charge in [0, 0.05) is 13.1 Å². The summed E-state index contributed by atoms with van der Waals surface area (Å²) in [6, 6.07) is 7.86. The molecule has 1 rings (SSSR count). The minimum absolute atomic E-state index is 0. The zero-order chi connectivity index (χ0) is 9.52. The molecular weight excluding hydrogens is 202 g/mol. The van der Waals surface area contributed by atoms with Gasteiger partial charge in [0.15, 0.2) is 0 Å². The Hall–Kier alpha value is -0.770. The topological polar surface area (TPSA) is 41.5 Å². The van der Waals surface area contributed by atoms with Crippen LogP contribution in [-0.2, 0) is 6.54 Å². The van der Waals surface area contributed by atoms with Crippen LogP contribution in [0.5, 0.6) is 5.75 Å². The zero-order valence-corrected chi connectivity index (χ0v) is 9.01. The Balaban J connectivity index is 0.00000169. The van der Waals surface area contributed by atoms with Gasteiger partial charge in [0.2, 0.25) is 0 Å². The second-order valence-electron chi connectivity index (χ2n) is 2.75. The van der Waals surface area contributed by atoms with Gasteiger partial charge in [-0.05, 0) is 17.7 Å². The Kier molecular flexibility index (Phi) is 7.20. The van der Waals surface area contributed by atoms with Gasteiger partial charge in [0.1, 0.15) is 5.75 Å². The van der Waals surface area contributed by atoms with Crippen molar-refractivity contribution in [3.05, 3.63) is 29.8 Å². The van der Waals surface area contributed by atoms with E-state index in [1.54, 1.807) is 7.11 Å². The van der Waals surface area contributed by atoms with Gasteiger partial charge in [-0.3, -0.25) is 0 Å². The fourth-order valence-electron chi connectivity index (χ4n) is 1.06. The van der Waals surface area contributed by atoms with Gasteiger partial charge in [-0.25, -0.2) is 0 Å². The number of methoxy groups -OCH3 is 1. The lowest BCUT2D eigenvalue weighted by Gasteiger charge is -2.04. The van der Waals surface area contributed by atoms with Crippen LogP contribution >= 0.6 is 12.4 Å². The summed E-state index contributed by atoms with van der Waals surface area (Å²) in [5.74, 6) is 0.867. The Morgan fingerprint density at radius 2 is 1.93 bits per heavy atom. The maximum Gasteiger partial charge on any atom is 0.118 e. The van der Waals surface area contributed by atoms with Crippen molar-refractivity contribution in [1.82, 2.24) is 5.32 Å². The van der Waals surface area contributed by atoms with Crippen LogP contribution in [0.3, 0.4) is 0 Å². The summed E-state index contributed by atoms with van der Waals surface area (Å²) in [4.78, 5) is 0. The molecule has 0 aliphatic rings. The third kappa shape index (κ3) is 4.46. The van der Waals surface area contributed by atoms with E-state index in [0.29, 0.717) is 6.54 Å². The van der Waals surface area contributed by atoms with Gasteiger partial charge in [-0.2, -0.15) is 0 Å². The number of aliphatic hydroxyl groups excluding tert-OH is 1. The molecule has 0 fully saturated rings. The van der Waals surface area contributed by atoms with Crippen molar-refractivity contribution in [1.29, 1.82) is 0 Å². The largest absolute Gasteiger partial charge is 0.497 e. The molecule has 14 heavy (non-hydrogen) atoms. The number of hydrogen-bond donors (Lipinski definition) is 2. The average Bonchev–Trinajstić information content (AvgIpc) is 2.19. The molecule has 4 heteroatoms. The lowest BCUT2D eigenvalue weighted by Crippen LogP contribution is -2.17. The summed E-state index contributed by atoms with van der Waals surface area (Å²) in [6.07, 6.45) is 0. The number of ether oxygens (including phenoxy) is 1. The molecule has 0 spiro atoms. The van der Waals surface area contributed by atoms with Gasteiger partial charge in [0.25, 0.3) is 0 Å². The molecule has 0 aromatic heterocycles. The summed E-state index contributed by atoms with van der Waals surface area (Å²) in [5.41, 5.74) is 1.19. The molecule has 80 valence electrons. The first-order chi connectivity index (χ1) is 6.36. The fraction of sp³-hybridized carbons (Fsp3) is 0.400. The van der Waals surface area contributed by atoms with Crippen molar-refractivity contribution in [3.63, 3.8) is 0 Å². The second-order valence-corrected chi connectivity index (χ2v) is 2.75. The van der Waals surface area contributed by atoms with Crippen LogP contribution in [0.25, 0.3) is 0 Å². The van der Waals surface area contributed by atoms with Crippen LogP contribution in [0, 0.1) is 0 Å². The molecule has 0 saturated heterocycles. The molecule has 1 aromatic rings. The summed E-state index contributed by atoms with van der Waals surface area (Å²) in [7, 11) is 1.65. The molecule has 0 radical (unpaired) electrons. The van der Waals surface area contributed by atoms with Gasteiger partial charge < -0.3 is 15.2 Å². The standard InChI is InChI=1S/C10H15NO2.ClH/c1-13-10-4-2-9(3-5-10)8-11-6-7-12;/h2-5,11-12H,6-8H2,1H3;1H. The lowest BCUT2D eigenvalue weighted by atomic mass is 10.2. The van der Waals surface area contributed by atoms with Crippen molar-refractivity contribution in [2.75, 3.05) is 20.3 Å². The monoisotopic (exact) mass is 217 g/mol. The second kappa shape index (κ2) is 7.62. The lowest BCUT2D eigenvalue weighted by molar-refractivity contribution is 0.292. The van der Waals surface area contributed by atoms with Crippen molar-refractivity contribution < 1.29 is 9.84 Å². The number of nitrogens with one attached hydrogen (secondary N) is 1. The Morgan fingerprint density at radius 1 is 1.29 bits per heavy atom. The van der Waals surface area contributed by atoms with Gasteiger partial charge >= 0.3 is 0 Å². The van der Waals surface area contributed by atoms with Crippen LogP contribution < -0.4 is 10.1 Å². The summed E-state index contributed by atoms with van der Waals surface area (Å²) >= 11 is 0. The van der Waals surface area contributed by atoms with Crippen LogP contribution in [0.15, 0.2) is 24.3 Å². The maximum absolute atomic E-state index is 8.54. The highest BCUT2D eigenvalue weighted by atomic mass is 35.5. The Bertz CT molecular complexity index is 238. The van der Waals surface area contributed by atoms with E-state index in [9.17, 15) is 0 Å². The Morgan fingerprint density at radius 3 is 2.43 bits per heavy atom. The quantitative estimate of drug-likeness (QED) is 0.729. The van der Waals surface area contributed by atoms with Crippen molar-refractivity contribution in [3.8, 4) is 5.75 Å². The highest BCUT2D eigenvalue weighted by molar-refractivity contribution is 5.85. The van der Waals surface area contributed by atoms with Crippen LogP contribution in [0.4, 0.5) is 0 Å². The molecule has 0 unspecified atom stereocenters. The third-order valence-corrected chi connectivity index (χ3v) is 1.78. The van der Waals surface area contributed by atoms with E-state index in [1.807, 2.05) is 24.3 Å². The first-order valence-electron chi connectivity index (χ1n) is 4.31. The van der Waals surface area contributed by atoms with E-state index >= 15 is 0 Å². The number of aliphatic hydroxyl groups is 1. The first-order valence-corrected chi connectivity index (χ1v) is 4.31. The van der Waals surface area contributed by atoms with Crippen molar-refractivity contribution >= 4 is 12.4 Å². The highest BCUT2D eigenvalue weighted by Gasteiger charge is 1.92. The fourth-order valence-corrected chi connectivity index (χ4v) is 1.06. The van der Waals surface area contributed by atoms with E-state index < -0.39 is 0 Å². The van der Waals surface area contributed by atoms with E-state index in [0.717, 1.165) is 12.3 Å². The molecule has 3 nitrogen and oxygen atoms in total. The maximum atomic E-state index is 8.54. The molecule has 0 aliphatic heterocycles. The summed E-state index contributed by atoms with van der Waals surface area (Å²) in [5, 5.41) is 11.6. The van der Waals surface area contributed by atoms with E-state index in [2.05, 4.69) is 5.32 Å². The van der Waals surface area contributed by atoms with Gasteiger partial charge in [0.05, 0.1) is 13.7 Å². The molecule has 0 saturated carbocycles. The zero-order valence-electron chi connectivity index (χ0n) is 8.19. The molecule has 0 heterocycles. The van der Waals surface area contributed by atoms with E-state index in [4.69, 9.17) is 9.84 Å². The molecule has 2 N–H and O–H groups in total. The first kappa shape index (κ1) is 13.2. The van der Waals surface area contributed by atoms with Crippen LogP contribution in [0.2, 0.25) is 0 Å². The molecule has 1 aromatic carbocycles. The highest BCUT2D eigenvalue weighted by Crippen LogP contribution is 2.10. The SMILES string of the molecule is COc1ccc(CNCCO)cc1.Cl. The Labute approximate surface area is 90.5 Å². The van der Waals surface area contributed by atoms with Crippen molar-refractivity contribution in [2.45, 2.75) is 6.54 Å². The van der Waals surface area contributed by atoms with E-state index in [-0.39, 0.29) is 19.0 Å². The third-order valence-electron chi connectivity index (χ3n) is 1.78. The van der Waals surface area contributed by atoms with Gasteiger partial charge in [-0.1, -0.05) is 12.1 Å². The molecule has 0 aliphatic carbocycles. The smallest absolute Gasteiger partial charge is 0.118 e.